The number of carbonyl (C=O) groups is 1. The molecule has 198 valence electrons. The van der Waals surface area contributed by atoms with Crippen LogP contribution in [0.4, 0.5) is 0 Å². The highest BCUT2D eigenvalue weighted by atomic mass is 16.4. The zero-order valence-electron chi connectivity index (χ0n) is 22.7. The Labute approximate surface area is 211 Å². The quantitative estimate of drug-likeness (QED) is 0.402. The number of carboxylic acid groups (broad SMARTS) is 1. The number of allylic oxidation sites excluding steroid dienone is 2. The molecule has 10 atom stereocenters. The molecule has 4 N–H and O–H groups in total. The lowest BCUT2D eigenvalue weighted by molar-refractivity contribution is -0.252. The van der Waals surface area contributed by atoms with Crippen molar-refractivity contribution in [3.63, 3.8) is 0 Å². The molecule has 0 heterocycles. The van der Waals surface area contributed by atoms with Gasteiger partial charge in [0, 0.05) is 11.3 Å². The van der Waals surface area contributed by atoms with Crippen LogP contribution in [0.1, 0.15) is 99.3 Å². The van der Waals surface area contributed by atoms with E-state index in [-0.39, 0.29) is 40.1 Å². The van der Waals surface area contributed by atoms with Gasteiger partial charge in [0.05, 0.1) is 24.2 Å². The Bertz CT molecular complexity index is 941. The number of aliphatic hydroxyl groups is 3. The molecule has 5 nitrogen and oxygen atoms in total. The monoisotopic (exact) mass is 488 g/mol. The molecule has 4 fully saturated rings. The van der Waals surface area contributed by atoms with Gasteiger partial charge in [0.1, 0.15) is 0 Å². The van der Waals surface area contributed by atoms with Crippen molar-refractivity contribution in [3.05, 3.63) is 11.6 Å². The van der Waals surface area contributed by atoms with Gasteiger partial charge in [-0.05, 0) is 91.3 Å². The molecular formula is C30H48O5. The Balaban J connectivity index is 1.63. The number of fused-ring (bicyclic) bond motifs is 7. The van der Waals surface area contributed by atoms with Gasteiger partial charge in [-0.2, -0.15) is 0 Å². The second-order valence-electron chi connectivity index (χ2n) is 15.1. The molecule has 4 saturated carbocycles. The Kier molecular flexibility index (Phi) is 5.56. The fraction of sp³-hybridized carbons (Fsp3) is 0.900. The summed E-state index contributed by atoms with van der Waals surface area (Å²) in [5, 5.41) is 43.6. The summed E-state index contributed by atoms with van der Waals surface area (Å²) in [5.41, 5.74) is -0.397. The molecule has 0 aromatic heterocycles. The molecule has 0 bridgehead atoms. The van der Waals surface area contributed by atoms with Crippen molar-refractivity contribution in [1.29, 1.82) is 0 Å². The molecule has 0 spiro atoms. The van der Waals surface area contributed by atoms with Crippen molar-refractivity contribution in [1.82, 2.24) is 0 Å². The van der Waals surface area contributed by atoms with Crippen molar-refractivity contribution < 1.29 is 25.2 Å². The third kappa shape index (κ3) is 3.07. The first kappa shape index (κ1) is 25.7. The van der Waals surface area contributed by atoms with Gasteiger partial charge in [-0.3, -0.25) is 4.79 Å². The van der Waals surface area contributed by atoms with E-state index in [2.05, 4.69) is 40.7 Å². The van der Waals surface area contributed by atoms with Gasteiger partial charge in [0.2, 0.25) is 0 Å². The van der Waals surface area contributed by atoms with Crippen LogP contribution in [0.2, 0.25) is 0 Å². The average Bonchev–Trinajstić information content (AvgIpc) is 2.76. The maximum Gasteiger partial charge on any atom is 0.310 e. The second kappa shape index (κ2) is 7.57. The zero-order valence-corrected chi connectivity index (χ0v) is 22.7. The van der Waals surface area contributed by atoms with E-state index < -0.39 is 29.0 Å². The highest BCUT2D eigenvalue weighted by Gasteiger charge is 2.71. The lowest BCUT2D eigenvalue weighted by Crippen LogP contribution is -2.69. The molecule has 0 radical (unpaired) electrons. The van der Waals surface area contributed by atoms with E-state index in [1.165, 1.54) is 5.57 Å². The second-order valence-corrected chi connectivity index (χ2v) is 15.1. The van der Waals surface area contributed by atoms with E-state index in [4.69, 9.17) is 0 Å². The topological polar surface area (TPSA) is 98.0 Å². The minimum Gasteiger partial charge on any atom is -0.481 e. The average molecular weight is 489 g/mol. The Morgan fingerprint density at radius 3 is 2.26 bits per heavy atom. The third-order valence-corrected chi connectivity index (χ3v) is 13.1. The zero-order chi connectivity index (χ0) is 25.8. The molecule has 5 aliphatic rings. The first-order chi connectivity index (χ1) is 16.1. The molecule has 5 rings (SSSR count). The van der Waals surface area contributed by atoms with Crippen molar-refractivity contribution in [2.24, 2.45) is 50.2 Å². The van der Waals surface area contributed by atoms with E-state index in [0.29, 0.717) is 25.2 Å². The third-order valence-electron chi connectivity index (χ3n) is 13.1. The van der Waals surface area contributed by atoms with Gasteiger partial charge >= 0.3 is 5.97 Å². The van der Waals surface area contributed by atoms with Gasteiger partial charge in [-0.25, -0.2) is 0 Å². The molecule has 0 aromatic carbocycles. The van der Waals surface area contributed by atoms with Crippen LogP contribution in [0.3, 0.4) is 0 Å². The van der Waals surface area contributed by atoms with Crippen LogP contribution in [0.15, 0.2) is 11.6 Å². The highest BCUT2D eigenvalue weighted by molar-refractivity contribution is 5.76. The van der Waals surface area contributed by atoms with Crippen LogP contribution in [0, 0.1) is 50.2 Å². The van der Waals surface area contributed by atoms with Crippen molar-refractivity contribution in [2.75, 3.05) is 6.61 Å². The van der Waals surface area contributed by atoms with E-state index in [1.54, 1.807) is 0 Å². The van der Waals surface area contributed by atoms with Gasteiger partial charge in [-0.1, -0.05) is 53.2 Å². The van der Waals surface area contributed by atoms with Crippen LogP contribution >= 0.6 is 0 Å². The van der Waals surface area contributed by atoms with Gasteiger partial charge in [0.25, 0.3) is 0 Å². The molecule has 0 aromatic rings. The Morgan fingerprint density at radius 2 is 1.63 bits per heavy atom. The summed E-state index contributed by atoms with van der Waals surface area (Å²) in [4.78, 5) is 12.8. The normalized spacial score (nSPS) is 55.0. The number of hydrogen-bond acceptors (Lipinski definition) is 4. The van der Waals surface area contributed by atoms with Gasteiger partial charge in [0.15, 0.2) is 0 Å². The molecule has 0 aliphatic heterocycles. The largest absolute Gasteiger partial charge is 0.481 e. The highest BCUT2D eigenvalue weighted by Crippen LogP contribution is 2.75. The molecule has 0 unspecified atom stereocenters. The van der Waals surface area contributed by atoms with Crippen LogP contribution in [-0.2, 0) is 4.79 Å². The number of hydrogen-bond donors (Lipinski definition) is 4. The lowest BCUT2D eigenvalue weighted by atomic mass is 9.33. The summed E-state index contributed by atoms with van der Waals surface area (Å²) < 4.78 is 0. The molecule has 35 heavy (non-hydrogen) atoms. The van der Waals surface area contributed by atoms with E-state index in [1.807, 2.05) is 6.92 Å². The molecule has 5 heteroatoms. The predicted octanol–water partition coefficient (Wildman–Crippen LogP) is 5.18. The Hall–Kier alpha value is -0.910. The molecular weight excluding hydrogens is 440 g/mol. The van der Waals surface area contributed by atoms with Crippen molar-refractivity contribution in [2.45, 2.75) is 112 Å². The van der Waals surface area contributed by atoms with Crippen LogP contribution in [0.25, 0.3) is 0 Å². The summed E-state index contributed by atoms with van der Waals surface area (Å²) in [6, 6.07) is 0. The minimum absolute atomic E-state index is 0.0545. The number of carboxylic acids is 1. The number of aliphatic carboxylic acids is 1. The number of rotatable bonds is 2. The first-order valence-electron chi connectivity index (χ1n) is 14.0. The van der Waals surface area contributed by atoms with Crippen molar-refractivity contribution >= 4 is 5.97 Å². The van der Waals surface area contributed by atoms with Gasteiger partial charge in [-0.15, -0.1) is 0 Å². The van der Waals surface area contributed by atoms with Crippen LogP contribution in [-0.4, -0.2) is 45.2 Å². The smallest absolute Gasteiger partial charge is 0.310 e. The standard InChI is InChI=1S/C30H48O5/c1-25(2)11-13-30(24(34)35)14-12-28(5)18(19(30)15-25)7-8-21-26(3)10-9-22(33)27(4,17-31)23(26)20(32)16-29(21,28)6/h7,19-23,31-33H,8-17H2,1-6H3,(H,34,35)/t19-,20+,21+,22-,23+,26+,27+,28+,29+,30-/m0/s1. The summed E-state index contributed by atoms with van der Waals surface area (Å²) in [5.74, 6) is -0.400. The Morgan fingerprint density at radius 1 is 0.971 bits per heavy atom. The predicted molar refractivity (Wildman–Crippen MR) is 135 cm³/mol. The van der Waals surface area contributed by atoms with E-state index in [9.17, 15) is 25.2 Å². The summed E-state index contributed by atoms with van der Waals surface area (Å²) in [6.45, 7) is 13.5. The summed E-state index contributed by atoms with van der Waals surface area (Å²) in [7, 11) is 0. The SMILES string of the molecule is CC1(C)CC[C@]2(C(=O)O)CC[C@]3(C)C(=CC[C@@H]4[C@@]5(C)CC[C@H](O)[C@@](C)(CO)[C@@H]5[C@H](O)C[C@]43C)[C@@H]2C1. The molecule has 5 aliphatic carbocycles. The van der Waals surface area contributed by atoms with E-state index >= 15 is 0 Å². The minimum atomic E-state index is -0.711. The first-order valence-corrected chi connectivity index (χ1v) is 14.0. The van der Waals surface area contributed by atoms with Gasteiger partial charge < -0.3 is 20.4 Å². The fourth-order valence-electron chi connectivity index (χ4n) is 10.8. The lowest BCUT2D eigenvalue weighted by Gasteiger charge is -2.72. The summed E-state index contributed by atoms with van der Waals surface area (Å²) >= 11 is 0. The van der Waals surface area contributed by atoms with Crippen LogP contribution < -0.4 is 0 Å². The van der Waals surface area contributed by atoms with E-state index in [0.717, 1.165) is 38.5 Å². The summed E-state index contributed by atoms with van der Waals surface area (Å²) in [6.07, 6.45) is 8.44. The maximum atomic E-state index is 12.8. The van der Waals surface area contributed by atoms with Crippen molar-refractivity contribution in [3.8, 4) is 0 Å². The van der Waals surface area contributed by atoms with Crippen LogP contribution in [0.5, 0.6) is 0 Å². The number of aliphatic hydroxyl groups excluding tert-OH is 3. The molecule has 0 saturated heterocycles. The maximum absolute atomic E-state index is 12.8. The molecule has 0 amide bonds. The fourth-order valence-corrected chi connectivity index (χ4v) is 10.8.